The van der Waals surface area contributed by atoms with Crippen LogP contribution in [0.1, 0.15) is 30.7 Å². The number of nitrogens with zero attached hydrogens (tertiary/aromatic N) is 2. The third-order valence-corrected chi connectivity index (χ3v) is 6.40. The summed E-state index contributed by atoms with van der Waals surface area (Å²) in [6, 6.07) is 15.4. The fraction of sp³-hybridized carbons (Fsp3) is 0.476. The molecule has 2 atom stereocenters. The number of hydrogen-bond donors (Lipinski definition) is 1. The Hall–Kier alpha value is -1.85. The minimum Gasteiger partial charge on any atom is -0.369 e. The van der Waals surface area contributed by atoms with Gasteiger partial charge in [0.15, 0.2) is 0 Å². The Labute approximate surface area is 159 Å². The van der Waals surface area contributed by atoms with Crippen LogP contribution in [0.4, 0.5) is 5.69 Å². The third kappa shape index (κ3) is 3.94. The average molecular weight is 370 g/mol. The van der Waals surface area contributed by atoms with E-state index >= 15 is 0 Å². The molecule has 1 aromatic heterocycles. The van der Waals surface area contributed by atoms with Gasteiger partial charge in [0, 0.05) is 48.7 Å². The van der Waals surface area contributed by atoms with Crippen LogP contribution in [0.5, 0.6) is 0 Å². The van der Waals surface area contributed by atoms with Crippen molar-refractivity contribution in [2.24, 2.45) is 5.92 Å². The summed E-state index contributed by atoms with van der Waals surface area (Å²) in [5.74, 6) is 0.498. The Morgan fingerprint density at radius 3 is 2.42 bits per heavy atom. The molecule has 0 radical (unpaired) electrons. The zero-order chi connectivity index (χ0) is 17.9. The molecule has 4 rings (SSSR count). The summed E-state index contributed by atoms with van der Waals surface area (Å²) in [5.41, 5.74) is 1.30. The molecule has 2 aromatic rings. The standard InChI is InChI=1S/C21H27N3OS/c1-16(22-21(25)17-9-10-17)20(19-8-5-15-26-19)24-13-11-23(12-14-24)18-6-3-2-4-7-18/h2-8,15-17,20H,9-14H2,1H3,(H,22,25)/t16-,20+/m0/s1. The number of carbonyl (C=O) groups is 1. The van der Waals surface area contributed by atoms with Crippen LogP contribution >= 0.6 is 11.3 Å². The molecule has 0 spiro atoms. The van der Waals surface area contributed by atoms with Gasteiger partial charge in [0.25, 0.3) is 0 Å². The number of anilines is 1. The van der Waals surface area contributed by atoms with Crippen LogP contribution in [0.2, 0.25) is 0 Å². The summed E-state index contributed by atoms with van der Waals surface area (Å²) in [4.78, 5) is 18.6. The van der Waals surface area contributed by atoms with Crippen LogP contribution in [-0.2, 0) is 4.79 Å². The number of piperazine rings is 1. The SMILES string of the molecule is C[C@H](NC(=O)C1CC1)[C@H](c1cccs1)N1CCN(c2ccccc2)CC1. The molecule has 2 aliphatic rings. The van der Waals surface area contributed by atoms with Crippen molar-refractivity contribution in [2.75, 3.05) is 31.1 Å². The van der Waals surface area contributed by atoms with Crippen LogP contribution < -0.4 is 10.2 Å². The van der Waals surface area contributed by atoms with E-state index < -0.39 is 0 Å². The van der Waals surface area contributed by atoms with Crippen molar-refractivity contribution in [1.82, 2.24) is 10.2 Å². The van der Waals surface area contributed by atoms with Crippen LogP contribution in [-0.4, -0.2) is 43.0 Å². The van der Waals surface area contributed by atoms with E-state index in [0.717, 1.165) is 39.0 Å². The number of carbonyl (C=O) groups excluding carboxylic acids is 1. The normalized spacial score (nSPS) is 20.6. The maximum atomic E-state index is 12.3. The number of benzene rings is 1. The number of para-hydroxylation sites is 1. The van der Waals surface area contributed by atoms with E-state index in [-0.39, 0.29) is 23.9 Å². The zero-order valence-electron chi connectivity index (χ0n) is 15.3. The van der Waals surface area contributed by atoms with Gasteiger partial charge < -0.3 is 10.2 Å². The smallest absolute Gasteiger partial charge is 0.223 e. The maximum Gasteiger partial charge on any atom is 0.223 e. The monoisotopic (exact) mass is 369 g/mol. The molecule has 2 fully saturated rings. The van der Waals surface area contributed by atoms with Gasteiger partial charge >= 0.3 is 0 Å². The predicted octanol–water partition coefficient (Wildman–Crippen LogP) is 3.53. The highest BCUT2D eigenvalue weighted by atomic mass is 32.1. The van der Waals surface area contributed by atoms with Crippen molar-refractivity contribution in [3.05, 3.63) is 52.7 Å². The van der Waals surface area contributed by atoms with Crippen LogP contribution in [0.25, 0.3) is 0 Å². The summed E-state index contributed by atoms with van der Waals surface area (Å²) in [7, 11) is 0. The highest BCUT2D eigenvalue weighted by molar-refractivity contribution is 7.10. The fourth-order valence-corrected chi connectivity index (χ4v) is 4.83. The lowest BCUT2D eigenvalue weighted by molar-refractivity contribution is -0.123. The van der Waals surface area contributed by atoms with E-state index in [1.54, 1.807) is 11.3 Å². The van der Waals surface area contributed by atoms with E-state index in [2.05, 4.69) is 69.9 Å². The minimum absolute atomic E-state index is 0.130. The predicted molar refractivity (Wildman–Crippen MR) is 108 cm³/mol. The van der Waals surface area contributed by atoms with Gasteiger partial charge in [0.05, 0.1) is 6.04 Å². The molecule has 4 nitrogen and oxygen atoms in total. The van der Waals surface area contributed by atoms with Gasteiger partial charge in [0.1, 0.15) is 0 Å². The lowest BCUT2D eigenvalue weighted by Gasteiger charge is -2.42. The molecule has 5 heteroatoms. The Morgan fingerprint density at radius 2 is 1.81 bits per heavy atom. The van der Waals surface area contributed by atoms with Gasteiger partial charge in [-0.3, -0.25) is 9.69 Å². The Bertz CT molecular complexity index is 706. The molecule has 1 aromatic carbocycles. The molecular formula is C21H27N3OS. The first-order chi connectivity index (χ1) is 12.7. The van der Waals surface area contributed by atoms with Crippen LogP contribution in [0.3, 0.4) is 0 Å². The molecule has 26 heavy (non-hydrogen) atoms. The summed E-state index contributed by atoms with van der Waals surface area (Å²) in [5, 5.41) is 5.42. The van der Waals surface area contributed by atoms with E-state index in [1.165, 1.54) is 10.6 Å². The van der Waals surface area contributed by atoms with E-state index in [9.17, 15) is 4.79 Å². The van der Waals surface area contributed by atoms with Gasteiger partial charge in [-0.2, -0.15) is 0 Å². The maximum absolute atomic E-state index is 12.3. The van der Waals surface area contributed by atoms with Crippen molar-refractivity contribution < 1.29 is 4.79 Å². The summed E-state index contributed by atoms with van der Waals surface area (Å²) >= 11 is 1.79. The second-order valence-electron chi connectivity index (χ2n) is 7.39. The summed E-state index contributed by atoms with van der Waals surface area (Å²) < 4.78 is 0. The van der Waals surface area contributed by atoms with Crippen LogP contribution in [0, 0.1) is 5.92 Å². The van der Waals surface area contributed by atoms with Gasteiger partial charge in [-0.1, -0.05) is 24.3 Å². The molecule has 2 heterocycles. The highest BCUT2D eigenvalue weighted by Gasteiger charge is 2.35. The molecule has 0 unspecified atom stereocenters. The first-order valence-corrected chi connectivity index (χ1v) is 10.5. The van der Waals surface area contributed by atoms with Crippen molar-refractivity contribution >= 4 is 22.9 Å². The molecule has 1 N–H and O–H groups in total. The second kappa shape index (κ2) is 7.80. The first-order valence-electron chi connectivity index (χ1n) is 9.60. The van der Waals surface area contributed by atoms with E-state index in [0.29, 0.717) is 0 Å². The Morgan fingerprint density at radius 1 is 1.08 bits per heavy atom. The molecule has 0 bridgehead atoms. The van der Waals surface area contributed by atoms with E-state index in [4.69, 9.17) is 0 Å². The molecule has 1 saturated carbocycles. The number of hydrogen-bond acceptors (Lipinski definition) is 4. The van der Waals surface area contributed by atoms with Crippen molar-refractivity contribution in [3.8, 4) is 0 Å². The average Bonchev–Trinajstić information content (AvgIpc) is 3.40. The van der Waals surface area contributed by atoms with Gasteiger partial charge in [0.2, 0.25) is 5.91 Å². The molecule has 1 saturated heterocycles. The molecular weight excluding hydrogens is 342 g/mol. The van der Waals surface area contributed by atoms with Gasteiger partial charge in [-0.15, -0.1) is 11.3 Å². The lowest BCUT2D eigenvalue weighted by Crippen LogP contribution is -2.52. The van der Waals surface area contributed by atoms with Gasteiger partial charge in [-0.25, -0.2) is 0 Å². The minimum atomic E-state index is 0.130. The highest BCUT2D eigenvalue weighted by Crippen LogP contribution is 2.32. The van der Waals surface area contributed by atoms with Crippen LogP contribution in [0.15, 0.2) is 47.8 Å². The molecule has 138 valence electrons. The number of thiophene rings is 1. The molecule has 1 aliphatic heterocycles. The number of rotatable bonds is 6. The zero-order valence-corrected chi connectivity index (χ0v) is 16.1. The first kappa shape index (κ1) is 17.6. The molecule has 1 aliphatic carbocycles. The topological polar surface area (TPSA) is 35.6 Å². The fourth-order valence-electron chi connectivity index (χ4n) is 3.87. The Kier molecular flexibility index (Phi) is 5.27. The number of amides is 1. The summed E-state index contributed by atoms with van der Waals surface area (Å²) in [6.07, 6.45) is 2.11. The van der Waals surface area contributed by atoms with Gasteiger partial charge in [-0.05, 0) is 43.3 Å². The summed E-state index contributed by atoms with van der Waals surface area (Å²) in [6.45, 7) is 6.24. The second-order valence-corrected chi connectivity index (χ2v) is 8.37. The number of nitrogens with one attached hydrogen (secondary N) is 1. The van der Waals surface area contributed by atoms with Crippen molar-refractivity contribution in [1.29, 1.82) is 0 Å². The lowest BCUT2D eigenvalue weighted by atomic mass is 10.0. The molecule has 1 amide bonds. The van der Waals surface area contributed by atoms with Crippen molar-refractivity contribution in [2.45, 2.75) is 31.8 Å². The third-order valence-electron chi connectivity index (χ3n) is 5.46. The van der Waals surface area contributed by atoms with E-state index in [1.807, 2.05) is 0 Å². The quantitative estimate of drug-likeness (QED) is 0.846. The van der Waals surface area contributed by atoms with Crippen molar-refractivity contribution in [3.63, 3.8) is 0 Å². The largest absolute Gasteiger partial charge is 0.369 e. The Balaban J connectivity index is 1.44.